The number of ether oxygens (including phenoxy) is 2. The number of aliphatic hydroxyl groups is 1. The van der Waals surface area contributed by atoms with Gasteiger partial charge in [-0.3, -0.25) is 14.5 Å². The maximum absolute atomic E-state index is 13.1. The molecule has 32 heavy (non-hydrogen) atoms. The van der Waals surface area contributed by atoms with Gasteiger partial charge in [-0.05, 0) is 42.0 Å². The van der Waals surface area contributed by atoms with Crippen molar-refractivity contribution < 1.29 is 29.3 Å². The number of phenolic OH excluding ortho intramolecular Hbond substituents is 1. The zero-order valence-corrected chi connectivity index (χ0v) is 17.5. The largest absolute Gasteiger partial charge is 0.507 e. The van der Waals surface area contributed by atoms with Gasteiger partial charge >= 0.3 is 0 Å². The van der Waals surface area contributed by atoms with E-state index in [2.05, 4.69) is 0 Å². The molecule has 0 spiro atoms. The molecule has 1 aliphatic rings. The standard InChI is InChI=1S/C25H21NO6/c1-31-18-11-9-17(10-12-18)26-22(16-8-13-19(27)20(14-16)32-2)21(24(29)25(26)30)23(28)15-6-4-3-5-7-15/h3-14,22,27-28H,1-2H3/b23-21+/t22-/m1/s1. The van der Waals surface area contributed by atoms with E-state index in [1.807, 2.05) is 0 Å². The number of methoxy groups -OCH3 is 2. The first-order chi connectivity index (χ1) is 15.5. The van der Waals surface area contributed by atoms with Crippen LogP contribution in [0.5, 0.6) is 17.2 Å². The Balaban J connectivity index is 1.95. The second kappa shape index (κ2) is 8.47. The van der Waals surface area contributed by atoms with E-state index in [9.17, 15) is 19.8 Å². The van der Waals surface area contributed by atoms with Gasteiger partial charge in [0, 0.05) is 11.3 Å². The molecule has 0 bridgehead atoms. The number of rotatable bonds is 5. The van der Waals surface area contributed by atoms with Gasteiger partial charge in [0.05, 0.1) is 25.8 Å². The summed E-state index contributed by atoms with van der Waals surface area (Å²) in [7, 11) is 2.94. The van der Waals surface area contributed by atoms with Crippen LogP contribution >= 0.6 is 0 Å². The van der Waals surface area contributed by atoms with Crippen molar-refractivity contribution in [2.75, 3.05) is 19.1 Å². The molecule has 0 radical (unpaired) electrons. The van der Waals surface area contributed by atoms with Crippen LogP contribution in [-0.4, -0.2) is 36.1 Å². The lowest BCUT2D eigenvalue weighted by Gasteiger charge is -2.26. The molecule has 2 N–H and O–H groups in total. The minimum absolute atomic E-state index is 0.0511. The van der Waals surface area contributed by atoms with Crippen LogP contribution in [0.15, 0.2) is 78.4 Å². The van der Waals surface area contributed by atoms with Gasteiger partial charge in [-0.1, -0.05) is 36.4 Å². The van der Waals surface area contributed by atoms with Crippen molar-refractivity contribution >= 4 is 23.1 Å². The second-order valence-corrected chi connectivity index (χ2v) is 7.16. The molecule has 1 fully saturated rings. The van der Waals surface area contributed by atoms with E-state index in [1.54, 1.807) is 66.7 Å². The van der Waals surface area contributed by atoms with E-state index in [0.29, 0.717) is 22.6 Å². The highest BCUT2D eigenvalue weighted by molar-refractivity contribution is 6.51. The predicted molar refractivity (Wildman–Crippen MR) is 119 cm³/mol. The van der Waals surface area contributed by atoms with Crippen molar-refractivity contribution in [1.29, 1.82) is 0 Å². The number of nitrogens with zero attached hydrogens (tertiary/aromatic N) is 1. The van der Waals surface area contributed by atoms with Gasteiger partial charge in [0.25, 0.3) is 11.7 Å². The van der Waals surface area contributed by atoms with Gasteiger partial charge in [-0.2, -0.15) is 0 Å². The molecule has 0 aliphatic carbocycles. The highest BCUT2D eigenvalue weighted by Crippen LogP contribution is 2.44. The summed E-state index contributed by atoms with van der Waals surface area (Å²) in [4.78, 5) is 27.6. The summed E-state index contributed by atoms with van der Waals surface area (Å²) in [5.74, 6) is -1.17. The number of amides is 1. The van der Waals surface area contributed by atoms with Crippen LogP contribution in [0.4, 0.5) is 5.69 Å². The third-order valence-electron chi connectivity index (χ3n) is 5.36. The first-order valence-corrected chi connectivity index (χ1v) is 9.83. The lowest BCUT2D eigenvalue weighted by atomic mass is 9.95. The van der Waals surface area contributed by atoms with E-state index in [4.69, 9.17) is 9.47 Å². The lowest BCUT2D eigenvalue weighted by molar-refractivity contribution is -0.132. The number of ketones is 1. The summed E-state index contributed by atoms with van der Waals surface area (Å²) in [5.41, 5.74) is 1.31. The van der Waals surface area contributed by atoms with Crippen molar-refractivity contribution in [1.82, 2.24) is 0 Å². The number of carbonyl (C=O) groups is 2. The van der Waals surface area contributed by atoms with Crippen LogP contribution in [0.25, 0.3) is 5.76 Å². The monoisotopic (exact) mass is 431 g/mol. The molecule has 7 nitrogen and oxygen atoms in total. The van der Waals surface area contributed by atoms with Gasteiger partial charge in [0.15, 0.2) is 11.5 Å². The van der Waals surface area contributed by atoms with Crippen molar-refractivity contribution in [3.05, 3.63) is 89.5 Å². The van der Waals surface area contributed by atoms with Gasteiger partial charge in [0.1, 0.15) is 11.5 Å². The second-order valence-electron chi connectivity index (χ2n) is 7.16. The highest BCUT2D eigenvalue weighted by Gasteiger charge is 2.47. The maximum atomic E-state index is 13.1. The molecule has 162 valence electrons. The number of aliphatic hydroxyl groups excluding tert-OH is 1. The molecule has 0 aromatic heterocycles. The van der Waals surface area contributed by atoms with Crippen LogP contribution in [0, 0.1) is 0 Å². The average molecular weight is 431 g/mol. The van der Waals surface area contributed by atoms with E-state index in [1.165, 1.54) is 25.2 Å². The molecule has 3 aromatic rings. The Morgan fingerprint density at radius 1 is 0.906 bits per heavy atom. The summed E-state index contributed by atoms with van der Waals surface area (Å²) in [6, 6.07) is 18.9. The third kappa shape index (κ3) is 3.54. The number of phenols is 1. The number of anilines is 1. The summed E-state index contributed by atoms with van der Waals surface area (Å²) in [6.07, 6.45) is 0. The van der Waals surface area contributed by atoms with E-state index < -0.39 is 17.7 Å². The lowest BCUT2D eigenvalue weighted by Crippen LogP contribution is -2.29. The maximum Gasteiger partial charge on any atom is 0.300 e. The quantitative estimate of drug-likeness (QED) is 0.360. The number of aromatic hydroxyl groups is 1. The van der Waals surface area contributed by atoms with Crippen LogP contribution < -0.4 is 14.4 Å². The Hall–Kier alpha value is -4.26. The van der Waals surface area contributed by atoms with Crippen LogP contribution in [0.1, 0.15) is 17.2 Å². The minimum atomic E-state index is -0.932. The Morgan fingerprint density at radius 2 is 1.59 bits per heavy atom. The molecule has 1 aliphatic heterocycles. The van der Waals surface area contributed by atoms with E-state index in [-0.39, 0.29) is 22.8 Å². The SMILES string of the molecule is COc1ccc(N2C(=O)C(=O)/C(=C(/O)c3ccccc3)[C@H]2c2ccc(O)c(OC)c2)cc1. The number of benzene rings is 3. The molecule has 1 saturated heterocycles. The molecule has 3 aromatic carbocycles. The van der Waals surface area contributed by atoms with Crippen molar-refractivity contribution in [2.45, 2.75) is 6.04 Å². The number of hydrogen-bond donors (Lipinski definition) is 2. The Kier molecular flexibility index (Phi) is 5.55. The smallest absolute Gasteiger partial charge is 0.300 e. The summed E-state index contributed by atoms with van der Waals surface area (Å²) in [5, 5.41) is 21.1. The predicted octanol–water partition coefficient (Wildman–Crippen LogP) is 4.04. The van der Waals surface area contributed by atoms with Gasteiger partial charge in [-0.25, -0.2) is 0 Å². The highest BCUT2D eigenvalue weighted by atomic mass is 16.5. The number of Topliss-reactive ketones (excluding diaryl/α,β-unsaturated/α-hetero) is 1. The first-order valence-electron chi connectivity index (χ1n) is 9.83. The van der Waals surface area contributed by atoms with Crippen molar-refractivity contribution in [3.63, 3.8) is 0 Å². The zero-order valence-electron chi connectivity index (χ0n) is 17.5. The summed E-state index contributed by atoms with van der Waals surface area (Å²) in [6.45, 7) is 0. The molecule has 4 rings (SSSR count). The molecule has 0 saturated carbocycles. The third-order valence-corrected chi connectivity index (χ3v) is 5.36. The first kappa shape index (κ1) is 21.0. The fraction of sp³-hybridized carbons (Fsp3) is 0.120. The Bertz CT molecular complexity index is 1200. The fourth-order valence-corrected chi connectivity index (χ4v) is 3.77. The Morgan fingerprint density at radius 3 is 2.22 bits per heavy atom. The normalized spacial score (nSPS) is 17.4. The van der Waals surface area contributed by atoms with Gasteiger partial charge in [-0.15, -0.1) is 0 Å². The van der Waals surface area contributed by atoms with Crippen molar-refractivity contribution in [3.8, 4) is 17.2 Å². The van der Waals surface area contributed by atoms with Crippen LogP contribution in [0.2, 0.25) is 0 Å². The molecule has 1 amide bonds. The molecular weight excluding hydrogens is 410 g/mol. The van der Waals surface area contributed by atoms with Gasteiger partial charge < -0.3 is 19.7 Å². The molecule has 0 unspecified atom stereocenters. The average Bonchev–Trinajstić information content (AvgIpc) is 3.10. The number of carbonyl (C=O) groups excluding carboxylic acids is 2. The van der Waals surface area contributed by atoms with Gasteiger partial charge in [0.2, 0.25) is 0 Å². The molecule has 7 heteroatoms. The molecule has 1 heterocycles. The Labute approximate surface area is 184 Å². The number of hydrogen-bond acceptors (Lipinski definition) is 6. The fourth-order valence-electron chi connectivity index (χ4n) is 3.77. The molecule has 1 atom stereocenters. The topological polar surface area (TPSA) is 96.3 Å². The molecular formula is C25H21NO6. The van der Waals surface area contributed by atoms with E-state index >= 15 is 0 Å². The minimum Gasteiger partial charge on any atom is -0.507 e. The van der Waals surface area contributed by atoms with Crippen LogP contribution in [-0.2, 0) is 9.59 Å². The summed E-state index contributed by atoms with van der Waals surface area (Å²) >= 11 is 0. The van der Waals surface area contributed by atoms with Crippen molar-refractivity contribution in [2.24, 2.45) is 0 Å². The van der Waals surface area contributed by atoms with Crippen LogP contribution in [0.3, 0.4) is 0 Å². The summed E-state index contributed by atoms with van der Waals surface area (Å²) < 4.78 is 10.4. The van der Waals surface area contributed by atoms with E-state index in [0.717, 1.165) is 0 Å². The zero-order chi connectivity index (χ0) is 22.8.